The van der Waals surface area contributed by atoms with Crippen LogP contribution in [0.3, 0.4) is 0 Å². The molecule has 0 aliphatic rings. The van der Waals surface area contributed by atoms with Crippen LogP contribution in [0.4, 0.5) is 13.2 Å². The van der Waals surface area contributed by atoms with Gasteiger partial charge in [0.25, 0.3) is 5.56 Å². The van der Waals surface area contributed by atoms with Gasteiger partial charge in [-0.3, -0.25) is 9.79 Å². The SMILES string of the molecule is O=c1c2ccccc2c(C=NCc2ccccc2)c(O)n1-c1ccccc1C(F)(F)F. The van der Waals surface area contributed by atoms with Gasteiger partial charge >= 0.3 is 6.18 Å². The number of alkyl halides is 3. The fraction of sp³-hybridized carbons (Fsp3) is 0.0833. The summed E-state index contributed by atoms with van der Waals surface area (Å²) in [5, 5.41) is 11.5. The zero-order valence-electron chi connectivity index (χ0n) is 16.2. The molecule has 156 valence electrons. The molecule has 0 aliphatic carbocycles. The molecule has 0 saturated heterocycles. The van der Waals surface area contributed by atoms with Crippen molar-refractivity contribution in [3.05, 3.63) is 106 Å². The third kappa shape index (κ3) is 3.94. The maximum Gasteiger partial charge on any atom is 0.418 e. The number of hydrogen-bond donors (Lipinski definition) is 1. The summed E-state index contributed by atoms with van der Waals surface area (Å²) in [7, 11) is 0. The molecule has 1 heterocycles. The number of aromatic hydroxyl groups is 1. The summed E-state index contributed by atoms with van der Waals surface area (Å²) in [6.07, 6.45) is -3.31. The van der Waals surface area contributed by atoms with Gasteiger partial charge < -0.3 is 5.11 Å². The molecule has 0 atom stereocenters. The van der Waals surface area contributed by atoms with Crippen molar-refractivity contribution >= 4 is 17.0 Å². The van der Waals surface area contributed by atoms with Gasteiger partial charge in [0.1, 0.15) is 0 Å². The van der Waals surface area contributed by atoms with E-state index in [9.17, 15) is 23.1 Å². The van der Waals surface area contributed by atoms with Crippen molar-refractivity contribution < 1.29 is 18.3 Å². The predicted octanol–water partition coefficient (Wildman–Crippen LogP) is 5.33. The first-order valence-corrected chi connectivity index (χ1v) is 9.45. The molecule has 0 bridgehead atoms. The summed E-state index contributed by atoms with van der Waals surface area (Å²) in [6, 6.07) is 20.5. The second-order valence-corrected chi connectivity index (χ2v) is 6.89. The fourth-order valence-electron chi connectivity index (χ4n) is 3.45. The highest BCUT2D eigenvalue weighted by atomic mass is 19.4. The van der Waals surface area contributed by atoms with Crippen LogP contribution in [0.5, 0.6) is 5.88 Å². The van der Waals surface area contributed by atoms with Crippen molar-refractivity contribution in [2.24, 2.45) is 4.99 Å². The number of hydrogen-bond acceptors (Lipinski definition) is 3. The molecule has 0 spiro atoms. The minimum Gasteiger partial charge on any atom is -0.494 e. The molecule has 0 unspecified atom stereocenters. The highest BCUT2D eigenvalue weighted by Crippen LogP contribution is 2.35. The molecular formula is C24H17F3N2O2. The Hall–Kier alpha value is -3.87. The molecule has 0 saturated carbocycles. The van der Waals surface area contributed by atoms with E-state index >= 15 is 0 Å². The van der Waals surface area contributed by atoms with Gasteiger partial charge in [-0.1, -0.05) is 60.7 Å². The average Bonchev–Trinajstić information content (AvgIpc) is 2.76. The first-order valence-electron chi connectivity index (χ1n) is 9.45. The summed E-state index contributed by atoms with van der Waals surface area (Å²) >= 11 is 0. The smallest absolute Gasteiger partial charge is 0.418 e. The summed E-state index contributed by atoms with van der Waals surface area (Å²) in [5.74, 6) is -0.600. The Bertz CT molecular complexity index is 1330. The van der Waals surface area contributed by atoms with Crippen LogP contribution in [0.2, 0.25) is 0 Å². The molecule has 4 nitrogen and oxygen atoms in total. The zero-order valence-corrected chi connectivity index (χ0v) is 16.2. The van der Waals surface area contributed by atoms with E-state index in [0.717, 1.165) is 17.7 Å². The van der Waals surface area contributed by atoms with E-state index in [-0.39, 0.29) is 10.9 Å². The van der Waals surface area contributed by atoms with Gasteiger partial charge in [0.15, 0.2) is 0 Å². The highest BCUT2D eigenvalue weighted by molar-refractivity contribution is 6.01. The standard InChI is InChI=1S/C24H17F3N2O2/c25-24(26,27)20-12-6-7-13-21(20)29-22(30)18-11-5-4-10-17(18)19(23(29)31)15-28-14-16-8-2-1-3-9-16/h1-13,15,31H,14H2. The van der Waals surface area contributed by atoms with E-state index in [4.69, 9.17) is 0 Å². The first kappa shape index (κ1) is 20.4. The topological polar surface area (TPSA) is 54.6 Å². The summed E-state index contributed by atoms with van der Waals surface area (Å²) in [6.45, 7) is 0.312. The van der Waals surface area contributed by atoms with Gasteiger partial charge in [-0.2, -0.15) is 13.2 Å². The first-order chi connectivity index (χ1) is 14.9. The lowest BCUT2D eigenvalue weighted by molar-refractivity contribution is -0.137. The molecule has 31 heavy (non-hydrogen) atoms. The summed E-state index contributed by atoms with van der Waals surface area (Å²) in [5.41, 5.74) is -1.11. The van der Waals surface area contributed by atoms with Crippen LogP contribution in [-0.4, -0.2) is 15.9 Å². The van der Waals surface area contributed by atoms with E-state index in [1.807, 2.05) is 30.3 Å². The van der Waals surface area contributed by atoms with E-state index in [1.165, 1.54) is 24.4 Å². The van der Waals surface area contributed by atoms with Crippen molar-refractivity contribution in [3.63, 3.8) is 0 Å². The van der Waals surface area contributed by atoms with Crippen molar-refractivity contribution in [2.45, 2.75) is 12.7 Å². The number of para-hydroxylation sites is 1. The quantitative estimate of drug-likeness (QED) is 0.452. The molecule has 1 N–H and O–H groups in total. The number of benzene rings is 3. The maximum absolute atomic E-state index is 13.6. The Morgan fingerprint density at radius 1 is 0.871 bits per heavy atom. The van der Waals surface area contributed by atoms with E-state index in [0.29, 0.717) is 16.5 Å². The number of fused-ring (bicyclic) bond motifs is 1. The van der Waals surface area contributed by atoms with Crippen molar-refractivity contribution in [1.82, 2.24) is 4.57 Å². The fourth-order valence-corrected chi connectivity index (χ4v) is 3.45. The Balaban J connectivity index is 1.94. The minimum absolute atomic E-state index is 0.170. The monoisotopic (exact) mass is 422 g/mol. The number of halogens is 3. The van der Waals surface area contributed by atoms with Crippen LogP contribution in [0.15, 0.2) is 88.6 Å². The largest absolute Gasteiger partial charge is 0.494 e. The lowest BCUT2D eigenvalue weighted by Crippen LogP contribution is -2.23. The molecule has 1 aromatic heterocycles. The van der Waals surface area contributed by atoms with Crippen molar-refractivity contribution in [3.8, 4) is 11.6 Å². The highest BCUT2D eigenvalue weighted by Gasteiger charge is 2.34. The van der Waals surface area contributed by atoms with Gasteiger partial charge in [-0.15, -0.1) is 0 Å². The second-order valence-electron chi connectivity index (χ2n) is 6.89. The molecule has 0 amide bonds. The van der Waals surface area contributed by atoms with Gasteiger partial charge in [0.05, 0.1) is 23.4 Å². The summed E-state index contributed by atoms with van der Waals surface area (Å²) < 4.78 is 41.4. The maximum atomic E-state index is 13.6. The predicted molar refractivity (Wildman–Crippen MR) is 114 cm³/mol. The Labute approximate surface area is 175 Å². The third-order valence-electron chi connectivity index (χ3n) is 4.89. The molecule has 0 radical (unpaired) electrons. The van der Waals surface area contributed by atoms with E-state index in [1.54, 1.807) is 18.2 Å². The molecule has 3 aromatic carbocycles. The van der Waals surface area contributed by atoms with Crippen LogP contribution in [0.25, 0.3) is 16.5 Å². The lowest BCUT2D eigenvalue weighted by Gasteiger charge is -2.18. The van der Waals surface area contributed by atoms with Gasteiger partial charge in [0, 0.05) is 17.0 Å². The van der Waals surface area contributed by atoms with Crippen LogP contribution in [0.1, 0.15) is 16.7 Å². The van der Waals surface area contributed by atoms with Crippen molar-refractivity contribution in [1.29, 1.82) is 0 Å². The third-order valence-corrected chi connectivity index (χ3v) is 4.89. The Morgan fingerprint density at radius 2 is 1.48 bits per heavy atom. The molecule has 4 aromatic rings. The van der Waals surface area contributed by atoms with E-state index in [2.05, 4.69) is 4.99 Å². The zero-order chi connectivity index (χ0) is 22.0. The van der Waals surface area contributed by atoms with Gasteiger partial charge in [0.2, 0.25) is 5.88 Å². The lowest BCUT2D eigenvalue weighted by atomic mass is 10.1. The average molecular weight is 422 g/mol. The van der Waals surface area contributed by atoms with Crippen LogP contribution < -0.4 is 5.56 Å². The summed E-state index contributed by atoms with van der Waals surface area (Å²) in [4.78, 5) is 17.4. The van der Waals surface area contributed by atoms with E-state index < -0.39 is 28.9 Å². The number of aliphatic imine (C=N–C) groups is 1. The number of aromatic nitrogens is 1. The van der Waals surface area contributed by atoms with Crippen LogP contribution >= 0.6 is 0 Å². The molecule has 4 rings (SSSR count). The molecular weight excluding hydrogens is 405 g/mol. The molecule has 0 aliphatic heterocycles. The Kier molecular flexibility index (Phi) is 5.33. The van der Waals surface area contributed by atoms with Crippen LogP contribution in [0, 0.1) is 0 Å². The molecule has 7 heteroatoms. The number of nitrogens with zero attached hydrogens (tertiary/aromatic N) is 2. The van der Waals surface area contributed by atoms with Crippen LogP contribution in [-0.2, 0) is 12.7 Å². The normalized spacial score (nSPS) is 12.0. The Morgan fingerprint density at radius 3 is 2.19 bits per heavy atom. The van der Waals surface area contributed by atoms with Gasteiger partial charge in [-0.05, 0) is 23.8 Å². The van der Waals surface area contributed by atoms with Gasteiger partial charge in [-0.25, -0.2) is 4.57 Å². The molecule has 0 fully saturated rings. The number of rotatable bonds is 4. The minimum atomic E-state index is -4.70. The number of pyridine rings is 1. The second kappa shape index (κ2) is 8.10. The van der Waals surface area contributed by atoms with Crippen molar-refractivity contribution in [2.75, 3.05) is 0 Å².